The number of nitrogens with zero attached hydrogens (tertiary/aromatic N) is 3. The number of amides is 1. The molecule has 0 saturated carbocycles. The summed E-state index contributed by atoms with van der Waals surface area (Å²) in [7, 11) is 1.92. The third-order valence-corrected chi connectivity index (χ3v) is 7.94. The lowest BCUT2D eigenvalue weighted by Gasteiger charge is -2.34. The number of carboxylic acids is 1. The van der Waals surface area contributed by atoms with Crippen LogP contribution in [0.25, 0.3) is 0 Å². The zero-order chi connectivity index (χ0) is 29.9. The molecule has 4 rings (SSSR count). The maximum absolute atomic E-state index is 13.9. The van der Waals surface area contributed by atoms with Crippen LogP contribution >= 0.6 is 0 Å². The molecule has 0 aliphatic carbocycles. The number of aliphatic hydroxyl groups excluding tert-OH is 1. The minimum Gasteiger partial charge on any atom is -0.481 e. The van der Waals surface area contributed by atoms with Gasteiger partial charge in [-0.15, -0.1) is 0 Å². The normalized spacial score (nSPS) is 20.2. The van der Waals surface area contributed by atoms with Gasteiger partial charge in [0.05, 0.1) is 19.1 Å². The number of hydrogen-bond donors (Lipinski definition) is 2. The number of likely N-dealkylation sites (tertiary alicyclic amines) is 1. The van der Waals surface area contributed by atoms with Crippen LogP contribution in [0.3, 0.4) is 0 Å². The number of aromatic nitrogens is 1. The molecule has 1 saturated heterocycles. The Balaban J connectivity index is 1.73. The van der Waals surface area contributed by atoms with Gasteiger partial charge in [0.25, 0.3) is 0 Å². The number of ether oxygens (including phenoxy) is 2. The molecule has 9 heteroatoms. The number of rotatable bonds is 11. The number of carbonyl (C=O) groups excluding carboxylic acids is 1. The monoisotopic (exact) mass is 566 g/mol. The van der Waals surface area contributed by atoms with Gasteiger partial charge < -0.3 is 24.6 Å². The summed E-state index contributed by atoms with van der Waals surface area (Å²) in [6, 6.07) is 7.12. The molecule has 0 radical (unpaired) electrons. The number of pyridine rings is 1. The Morgan fingerprint density at radius 3 is 2.63 bits per heavy atom. The molecule has 0 bridgehead atoms. The number of aliphatic carboxylic acids is 1. The highest BCUT2D eigenvalue weighted by molar-refractivity contribution is 5.94. The number of aliphatic hydroxyl groups is 1. The van der Waals surface area contributed by atoms with E-state index in [0.717, 1.165) is 23.2 Å². The SMILES string of the molecule is CCCN(C(=O)CN1C[C@H](c2cc(CO)c3c(c2)OCO3)[C@@H](C(=O)O)[C@@H]1CC(C)(C)C=C(C)C)c1ccc[n+](C)c1. The number of carboxylic acid groups (broad SMARTS) is 1. The van der Waals surface area contributed by atoms with Crippen molar-refractivity contribution in [3.05, 3.63) is 59.4 Å². The van der Waals surface area contributed by atoms with Crippen LogP contribution in [-0.2, 0) is 23.2 Å². The summed E-state index contributed by atoms with van der Waals surface area (Å²) in [5, 5.41) is 20.6. The van der Waals surface area contributed by atoms with Crippen molar-refractivity contribution >= 4 is 17.6 Å². The van der Waals surface area contributed by atoms with Gasteiger partial charge in [0.15, 0.2) is 23.9 Å². The van der Waals surface area contributed by atoms with Crippen LogP contribution in [0.5, 0.6) is 11.5 Å². The van der Waals surface area contributed by atoms with E-state index in [9.17, 15) is 19.8 Å². The molecule has 41 heavy (non-hydrogen) atoms. The van der Waals surface area contributed by atoms with E-state index in [0.29, 0.717) is 36.6 Å². The van der Waals surface area contributed by atoms with Gasteiger partial charge in [-0.25, -0.2) is 4.57 Å². The third-order valence-electron chi connectivity index (χ3n) is 7.94. The molecule has 9 nitrogen and oxygen atoms in total. The number of benzene rings is 1. The second kappa shape index (κ2) is 12.6. The molecule has 2 aliphatic rings. The maximum atomic E-state index is 13.9. The molecular weight excluding hydrogens is 522 g/mol. The second-order valence-electron chi connectivity index (χ2n) is 12.2. The zero-order valence-electron chi connectivity index (χ0n) is 25.1. The molecule has 2 N–H and O–H groups in total. The summed E-state index contributed by atoms with van der Waals surface area (Å²) in [4.78, 5) is 30.7. The zero-order valence-corrected chi connectivity index (χ0v) is 25.1. The fourth-order valence-corrected chi connectivity index (χ4v) is 6.51. The van der Waals surface area contributed by atoms with Gasteiger partial charge in [-0.3, -0.25) is 14.5 Å². The van der Waals surface area contributed by atoms with Crippen molar-refractivity contribution in [2.24, 2.45) is 18.4 Å². The van der Waals surface area contributed by atoms with E-state index in [1.807, 2.05) is 69.0 Å². The van der Waals surface area contributed by atoms with Gasteiger partial charge in [-0.2, -0.15) is 0 Å². The van der Waals surface area contributed by atoms with Gasteiger partial charge in [0.2, 0.25) is 12.7 Å². The van der Waals surface area contributed by atoms with Crippen LogP contribution in [0.15, 0.2) is 48.3 Å². The Morgan fingerprint density at radius 2 is 2.00 bits per heavy atom. The molecule has 1 aromatic carbocycles. The van der Waals surface area contributed by atoms with Crippen LogP contribution in [-0.4, -0.2) is 59.5 Å². The highest BCUT2D eigenvalue weighted by Gasteiger charge is 2.49. The van der Waals surface area contributed by atoms with Crippen LogP contribution in [0, 0.1) is 11.3 Å². The predicted octanol–water partition coefficient (Wildman–Crippen LogP) is 4.03. The molecule has 3 heterocycles. The smallest absolute Gasteiger partial charge is 0.308 e. The molecule has 0 unspecified atom stereocenters. The Kier molecular flexibility index (Phi) is 9.39. The number of allylic oxidation sites excluding steroid dienone is 2. The van der Waals surface area contributed by atoms with Crippen molar-refractivity contribution in [1.29, 1.82) is 0 Å². The van der Waals surface area contributed by atoms with Crippen molar-refractivity contribution in [3.63, 3.8) is 0 Å². The summed E-state index contributed by atoms with van der Waals surface area (Å²) in [5.41, 5.74) is 3.03. The van der Waals surface area contributed by atoms with Crippen LogP contribution < -0.4 is 18.9 Å². The molecule has 1 aromatic heterocycles. The molecule has 1 amide bonds. The van der Waals surface area contributed by atoms with Gasteiger partial charge in [-0.05, 0) is 55.9 Å². The average molecular weight is 567 g/mol. The summed E-state index contributed by atoms with van der Waals surface area (Å²) in [5.74, 6) is -1.10. The standard InChI is InChI=1S/C32H43N3O6/c1-7-10-35(24-9-8-11-33(6)16-24)28(37)18-34-17-25(22-12-23(19-36)30-27(13-22)40-20-41-30)29(31(38)39)26(34)15-32(4,5)14-21(2)3/h8-9,11-14,16,25-26,29,36H,7,10,15,17-20H2,1-6H3/p+1/t25-,26+,29-/m1/s1. The topological polar surface area (TPSA) is 103 Å². The molecule has 3 atom stereocenters. The molecule has 1 fully saturated rings. The Bertz CT molecular complexity index is 1300. The predicted molar refractivity (Wildman–Crippen MR) is 156 cm³/mol. The second-order valence-corrected chi connectivity index (χ2v) is 12.2. The first-order chi connectivity index (χ1) is 19.4. The first-order valence-corrected chi connectivity index (χ1v) is 14.4. The van der Waals surface area contributed by atoms with E-state index in [-0.39, 0.29) is 37.3 Å². The minimum absolute atomic E-state index is 0.0590. The maximum Gasteiger partial charge on any atom is 0.308 e. The number of anilines is 1. The van der Waals surface area contributed by atoms with Crippen LogP contribution in [0.4, 0.5) is 5.69 Å². The quantitative estimate of drug-likeness (QED) is 0.313. The highest BCUT2D eigenvalue weighted by Crippen LogP contribution is 2.46. The molecule has 222 valence electrons. The van der Waals surface area contributed by atoms with Crippen LogP contribution in [0.2, 0.25) is 0 Å². The lowest BCUT2D eigenvalue weighted by atomic mass is 9.77. The minimum atomic E-state index is -0.897. The van der Waals surface area contributed by atoms with E-state index in [4.69, 9.17) is 9.47 Å². The molecule has 2 aromatic rings. The number of aryl methyl sites for hydroxylation is 1. The fourth-order valence-electron chi connectivity index (χ4n) is 6.51. The van der Waals surface area contributed by atoms with Gasteiger partial charge in [-0.1, -0.05) is 32.4 Å². The van der Waals surface area contributed by atoms with E-state index in [1.54, 1.807) is 4.90 Å². The van der Waals surface area contributed by atoms with Crippen molar-refractivity contribution in [2.75, 3.05) is 31.3 Å². The Labute approximate surface area is 243 Å². The van der Waals surface area contributed by atoms with Crippen molar-refractivity contribution in [2.45, 2.75) is 66.0 Å². The number of hydrogen-bond acceptors (Lipinski definition) is 6. The van der Waals surface area contributed by atoms with Gasteiger partial charge >= 0.3 is 5.97 Å². The molecular formula is C32H44N3O6+. The van der Waals surface area contributed by atoms with Crippen molar-refractivity contribution in [1.82, 2.24) is 4.90 Å². The Morgan fingerprint density at radius 1 is 1.24 bits per heavy atom. The fraction of sp³-hybridized carbons (Fsp3) is 0.531. The first kappa shape index (κ1) is 30.5. The summed E-state index contributed by atoms with van der Waals surface area (Å²) in [6.45, 7) is 11.2. The summed E-state index contributed by atoms with van der Waals surface area (Å²) >= 11 is 0. The number of carbonyl (C=O) groups is 2. The van der Waals surface area contributed by atoms with Crippen LogP contribution in [0.1, 0.15) is 64.5 Å². The third kappa shape index (κ3) is 6.90. The number of fused-ring (bicyclic) bond motifs is 1. The van der Waals surface area contributed by atoms with E-state index >= 15 is 0 Å². The lowest BCUT2D eigenvalue weighted by molar-refractivity contribution is -0.670. The highest BCUT2D eigenvalue weighted by atomic mass is 16.7. The summed E-state index contributed by atoms with van der Waals surface area (Å²) in [6.07, 6.45) is 7.40. The molecule has 2 aliphatic heterocycles. The van der Waals surface area contributed by atoms with E-state index in [1.165, 1.54) is 0 Å². The van der Waals surface area contributed by atoms with E-state index < -0.39 is 17.8 Å². The lowest BCUT2D eigenvalue weighted by Crippen LogP contribution is -2.46. The first-order valence-electron chi connectivity index (χ1n) is 14.4. The largest absolute Gasteiger partial charge is 0.481 e. The van der Waals surface area contributed by atoms with Gasteiger partial charge in [0, 0.05) is 36.7 Å². The van der Waals surface area contributed by atoms with Crippen molar-refractivity contribution < 1.29 is 33.8 Å². The summed E-state index contributed by atoms with van der Waals surface area (Å²) < 4.78 is 13.1. The van der Waals surface area contributed by atoms with E-state index in [2.05, 4.69) is 24.8 Å². The average Bonchev–Trinajstić information content (AvgIpc) is 3.50. The Hall–Kier alpha value is -3.43. The molecule has 0 spiro atoms. The van der Waals surface area contributed by atoms with Gasteiger partial charge in [0.1, 0.15) is 12.7 Å². The van der Waals surface area contributed by atoms with Crippen molar-refractivity contribution in [3.8, 4) is 11.5 Å².